The van der Waals surface area contributed by atoms with E-state index in [1.165, 1.54) is 6.07 Å². The lowest BCUT2D eigenvalue weighted by molar-refractivity contribution is -0.151. The molecule has 1 aromatic carbocycles. The van der Waals surface area contributed by atoms with Crippen LogP contribution in [0.3, 0.4) is 0 Å². The maximum Gasteiger partial charge on any atom is 0.330 e. The summed E-state index contributed by atoms with van der Waals surface area (Å²) in [7, 11) is 0. The topological polar surface area (TPSA) is 38.3 Å². The fourth-order valence-corrected chi connectivity index (χ4v) is 2.33. The maximum absolute atomic E-state index is 14.1. The van der Waals surface area contributed by atoms with Gasteiger partial charge in [-0.2, -0.15) is 0 Å². The summed E-state index contributed by atoms with van der Waals surface area (Å²) in [5.41, 5.74) is -0.919. The molecule has 0 fully saturated rings. The lowest BCUT2D eigenvalue weighted by atomic mass is 9.90. The number of halogens is 2. The first-order valence-electron chi connectivity index (χ1n) is 6.21. The Bertz CT molecular complexity index is 465. The molecule has 1 rings (SSSR count). The number of carbonyl (C=O) groups excluding carboxylic acids is 1. The maximum atomic E-state index is 14.1. The van der Waals surface area contributed by atoms with E-state index in [1.807, 2.05) is 13.8 Å². The van der Waals surface area contributed by atoms with Gasteiger partial charge in [-0.05, 0) is 39.8 Å². The normalized spacial score (nSPS) is 14.3. The van der Waals surface area contributed by atoms with Gasteiger partial charge in [0.05, 0.1) is 6.61 Å². The Kier molecular flexibility index (Phi) is 5.50. The molecule has 0 amide bonds. The molecule has 1 atom stereocenters. The molecule has 5 heteroatoms. The van der Waals surface area contributed by atoms with E-state index in [-0.39, 0.29) is 18.2 Å². The summed E-state index contributed by atoms with van der Waals surface area (Å²) in [6.07, 6.45) is 0. The third-order valence-electron chi connectivity index (χ3n) is 2.73. The Labute approximate surface area is 121 Å². The van der Waals surface area contributed by atoms with Crippen LogP contribution in [0.15, 0.2) is 22.7 Å². The Hall–Kier alpha value is -0.940. The number of hydrogen-bond donors (Lipinski definition) is 1. The van der Waals surface area contributed by atoms with E-state index in [0.29, 0.717) is 4.47 Å². The summed E-state index contributed by atoms with van der Waals surface area (Å²) in [5, 5.41) is 3.09. The van der Waals surface area contributed by atoms with Crippen LogP contribution in [0.5, 0.6) is 0 Å². The number of rotatable bonds is 5. The minimum atomic E-state index is -1.20. The van der Waals surface area contributed by atoms with Crippen molar-refractivity contribution in [1.82, 2.24) is 5.32 Å². The monoisotopic (exact) mass is 331 g/mol. The molecule has 0 aliphatic rings. The standard InChI is InChI=1S/C14H19BrFNO2/c1-5-19-13(18)14(4,17-9(2)3)11-7-6-10(15)8-12(11)16/h6-9,17H,5H2,1-4H3. The molecule has 0 saturated heterocycles. The first kappa shape index (κ1) is 16.1. The molecule has 0 heterocycles. The van der Waals surface area contributed by atoms with Crippen molar-refractivity contribution in [3.8, 4) is 0 Å². The molecule has 0 aliphatic carbocycles. The molecule has 0 spiro atoms. The molecule has 0 saturated carbocycles. The Balaban J connectivity index is 3.26. The van der Waals surface area contributed by atoms with Crippen LogP contribution < -0.4 is 5.32 Å². The van der Waals surface area contributed by atoms with Gasteiger partial charge in [0.2, 0.25) is 0 Å². The highest BCUT2D eigenvalue weighted by atomic mass is 79.9. The second-order valence-corrected chi connectivity index (χ2v) is 5.68. The number of ether oxygens (including phenoxy) is 1. The van der Waals surface area contributed by atoms with Crippen LogP contribution in [-0.4, -0.2) is 18.6 Å². The van der Waals surface area contributed by atoms with E-state index in [9.17, 15) is 9.18 Å². The van der Waals surface area contributed by atoms with E-state index >= 15 is 0 Å². The molecule has 106 valence electrons. The summed E-state index contributed by atoms with van der Waals surface area (Å²) in [6, 6.07) is 4.65. The second-order valence-electron chi connectivity index (χ2n) is 4.77. The number of esters is 1. The molecule has 0 aromatic heterocycles. The van der Waals surface area contributed by atoms with Gasteiger partial charge in [-0.3, -0.25) is 5.32 Å². The fourth-order valence-electron chi connectivity index (χ4n) is 1.99. The summed E-state index contributed by atoms with van der Waals surface area (Å²) < 4.78 is 19.8. The number of nitrogens with one attached hydrogen (secondary N) is 1. The van der Waals surface area contributed by atoms with Crippen molar-refractivity contribution in [3.05, 3.63) is 34.1 Å². The first-order valence-corrected chi connectivity index (χ1v) is 7.01. The highest BCUT2D eigenvalue weighted by molar-refractivity contribution is 9.10. The van der Waals surface area contributed by atoms with Crippen molar-refractivity contribution >= 4 is 21.9 Å². The molecule has 1 aromatic rings. The zero-order valence-electron chi connectivity index (χ0n) is 11.6. The Morgan fingerprint density at radius 2 is 2.16 bits per heavy atom. The van der Waals surface area contributed by atoms with Crippen molar-refractivity contribution in [1.29, 1.82) is 0 Å². The van der Waals surface area contributed by atoms with Crippen LogP contribution in [0.1, 0.15) is 33.3 Å². The number of carbonyl (C=O) groups is 1. The third kappa shape index (κ3) is 3.76. The quantitative estimate of drug-likeness (QED) is 0.841. The second kappa shape index (κ2) is 6.48. The zero-order chi connectivity index (χ0) is 14.6. The van der Waals surface area contributed by atoms with Crippen LogP contribution in [0, 0.1) is 5.82 Å². The third-order valence-corrected chi connectivity index (χ3v) is 3.22. The molecule has 1 unspecified atom stereocenters. The van der Waals surface area contributed by atoms with Gasteiger partial charge in [-0.15, -0.1) is 0 Å². The summed E-state index contributed by atoms with van der Waals surface area (Å²) in [4.78, 5) is 12.2. The van der Waals surface area contributed by atoms with Crippen molar-refractivity contribution < 1.29 is 13.9 Å². The molecular formula is C14H19BrFNO2. The van der Waals surface area contributed by atoms with Gasteiger partial charge in [-0.25, -0.2) is 9.18 Å². The van der Waals surface area contributed by atoms with Crippen molar-refractivity contribution in [2.75, 3.05) is 6.61 Å². The fraction of sp³-hybridized carbons (Fsp3) is 0.500. The minimum absolute atomic E-state index is 0.0115. The smallest absolute Gasteiger partial charge is 0.330 e. The SMILES string of the molecule is CCOC(=O)C(C)(NC(C)C)c1ccc(Br)cc1F. The van der Waals surface area contributed by atoms with Gasteiger partial charge in [0, 0.05) is 16.1 Å². The summed E-state index contributed by atoms with van der Waals surface area (Å²) >= 11 is 3.21. The predicted molar refractivity (Wildman–Crippen MR) is 76.4 cm³/mol. The summed E-state index contributed by atoms with van der Waals surface area (Å²) in [5.74, 6) is -0.928. The van der Waals surface area contributed by atoms with Crippen LogP contribution >= 0.6 is 15.9 Å². The van der Waals surface area contributed by atoms with Crippen molar-refractivity contribution in [3.63, 3.8) is 0 Å². The Morgan fingerprint density at radius 1 is 1.53 bits per heavy atom. The Morgan fingerprint density at radius 3 is 2.63 bits per heavy atom. The minimum Gasteiger partial charge on any atom is -0.464 e. The zero-order valence-corrected chi connectivity index (χ0v) is 13.2. The molecule has 19 heavy (non-hydrogen) atoms. The molecule has 0 radical (unpaired) electrons. The largest absolute Gasteiger partial charge is 0.464 e. The highest BCUT2D eigenvalue weighted by Crippen LogP contribution is 2.28. The van der Waals surface area contributed by atoms with Crippen LogP contribution in [-0.2, 0) is 15.1 Å². The van der Waals surface area contributed by atoms with Gasteiger partial charge < -0.3 is 4.74 Å². The van der Waals surface area contributed by atoms with Gasteiger partial charge in [0.15, 0.2) is 0 Å². The van der Waals surface area contributed by atoms with Crippen LogP contribution in [0.25, 0.3) is 0 Å². The van der Waals surface area contributed by atoms with Crippen molar-refractivity contribution in [2.24, 2.45) is 0 Å². The highest BCUT2D eigenvalue weighted by Gasteiger charge is 2.39. The van der Waals surface area contributed by atoms with E-state index in [0.717, 1.165) is 0 Å². The van der Waals surface area contributed by atoms with Gasteiger partial charge >= 0.3 is 5.97 Å². The molecular weight excluding hydrogens is 313 g/mol. The average Bonchev–Trinajstić information content (AvgIpc) is 2.27. The van der Waals surface area contributed by atoms with E-state index in [1.54, 1.807) is 26.0 Å². The first-order chi connectivity index (χ1) is 8.81. The van der Waals surface area contributed by atoms with Gasteiger partial charge in [0.25, 0.3) is 0 Å². The van der Waals surface area contributed by atoms with Crippen LogP contribution in [0.4, 0.5) is 4.39 Å². The molecule has 1 N–H and O–H groups in total. The van der Waals surface area contributed by atoms with Gasteiger partial charge in [0.1, 0.15) is 11.4 Å². The van der Waals surface area contributed by atoms with E-state index < -0.39 is 17.3 Å². The molecule has 0 aliphatic heterocycles. The van der Waals surface area contributed by atoms with Crippen LogP contribution in [0.2, 0.25) is 0 Å². The van der Waals surface area contributed by atoms with E-state index in [4.69, 9.17) is 4.74 Å². The van der Waals surface area contributed by atoms with Gasteiger partial charge in [-0.1, -0.05) is 22.0 Å². The lowest BCUT2D eigenvalue weighted by Crippen LogP contribution is -2.51. The molecule has 3 nitrogen and oxygen atoms in total. The van der Waals surface area contributed by atoms with E-state index in [2.05, 4.69) is 21.2 Å². The van der Waals surface area contributed by atoms with Crippen molar-refractivity contribution in [2.45, 2.75) is 39.3 Å². The predicted octanol–water partition coefficient (Wildman–Crippen LogP) is 3.36. The summed E-state index contributed by atoms with van der Waals surface area (Å²) in [6.45, 7) is 7.41. The number of hydrogen-bond acceptors (Lipinski definition) is 3. The average molecular weight is 332 g/mol. The number of benzene rings is 1. The lowest BCUT2D eigenvalue weighted by Gasteiger charge is -2.31. The molecule has 0 bridgehead atoms.